The quantitative estimate of drug-likeness (QED) is 0.571. The van der Waals surface area contributed by atoms with Crippen molar-refractivity contribution in [2.24, 2.45) is 5.73 Å². The number of rotatable bonds is 6. The Morgan fingerprint density at radius 3 is 2.96 bits per heavy atom. The average molecular weight is 417 g/mol. The molecule has 0 aliphatic heterocycles. The summed E-state index contributed by atoms with van der Waals surface area (Å²) >= 11 is 9.55. The number of nitrogens with two attached hydrogens (primary N) is 1. The van der Waals surface area contributed by atoms with E-state index in [2.05, 4.69) is 26.2 Å². The number of hydrogen-bond donors (Lipinski definition) is 2. The van der Waals surface area contributed by atoms with Crippen LogP contribution in [0.15, 0.2) is 37.8 Å². The second kappa shape index (κ2) is 7.13. The molecule has 0 aromatic carbocycles. The Bertz CT molecular complexity index is 836. The third-order valence-corrected chi connectivity index (χ3v) is 4.68. The van der Waals surface area contributed by atoms with Crippen LogP contribution in [0.1, 0.15) is 18.4 Å². The first kappa shape index (κ1) is 17.3. The first-order chi connectivity index (χ1) is 11.5. The van der Waals surface area contributed by atoms with Crippen molar-refractivity contribution < 1.29 is 13.2 Å². The fourth-order valence-electron chi connectivity index (χ4n) is 2.29. The van der Waals surface area contributed by atoms with E-state index in [0.717, 1.165) is 5.76 Å². The van der Waals surface area contributed by atoms with Gasteiger partial charge in [0.15, 0.2) is 5.58 Å². The molecule has 0 spiro atoms. The fraction of sp³-hybridized carbons (Fsp3) is 0.312. The second-order valence-corrected chi connectivity index (χ2v) is 6.67. The lowest BCUT2D eigenvalue weighted by molar-refractivity contribution is 0.295. The van der Waals surface area contributed by atoms with Gasteiger partial charge < -0.3 is 19.9 Å². The summed E-state index contributed by atoms with van der Waals surface area (Å²) in [6, 6.07) is 4.69. The van der Waals surface area contributed by atoms with Crippen LogP contribution in [0.25, 0.3) is 11.1 Å². The minimum absolute atomic E-state index is 0.254. The van der Waals surface area contributed by atoms with Crippen LogP contribution in [0, 0.1) is 0 Å². The molecule has 2 atom stereocenters. The Labute approximate surface area is 151 Å². The van der Waals surface area contributed by atoms with Gasteiger partial charge in [-0.1, -0.05) is 11.6 Å². The molecule has 3 aromatic heterocycles. The lowest BCUT2D eigenvalue weighted by atomic mass is 10.1. The monoisotopic (exact) mass is 415 g/mol. The first-order valence-corrected chi connectivity index (χ1v) is 8.56. The van der Waals surface area contributed by atoms with Gasteiger partial charge in [0, 0.05) is 18.5 Å². The number of anilines is 1. The third-order valence-electron chi connectivity index (χ3n) is 3.66. The molecule has 0 fully saturated rings. The molecular weight excluding hydrogens is 401 g/mol. The SMILES string of the molecule is C[C@@H](F)[C@H](N)Cc1oc2c(NCc3ccco3)cc(Cl)nc2c1Br. The number of nitrogens with one attached hydrogen (secondary N) is 1. The average Bonchev–Trinajstić information content (AvgIpc) is 3.15. The first-order valence-electron chi connectivity index (χ1n) is 7.39. The van der Waals surface area contributed by atoms with E-state index in [1.165, 1.54) is 6.92 Å². The predicted octanol–water partition coefficient (Wildman–Crippen LogP) is 4.68. The lowest BCUT2D eigenvalue weighted by Crippen LogP contribution is -2.31. The number of furan rings is 2. The van der Waals surface area contributed by atoms with Gasteiger partial charge in [0.05, 0.1) is 23.0 Å². The maximum Gasteiger partial charge on any atom is 0.177 e. The van der Waals surface area contributed by atoms with Gasteiger partial charge in [-0.05, 0) is 35.0 Å². The summed E-state index contributed by atoms with van der Waals surface area (Å²) in [4.78, 5) is 4.28. The second-order valence-electron chi connectivity index (χ2n) is 5.49. The third kappa shape index (κ3) is 3.58. The highest BCUT2D eigenvalue weighted by Gasteiger charge is 2.21. The van der Waals surface area contributed by atoms with E-state index in [1.54, 1.807) is 12.3 Å². The van der Waals surface area contributed by atoms with Gasteiger partial charge in [0.2, 0.25) is 0 Å². The molecule has 3 N–H and O–H groups in total. The molecule has 0 aliphatic carbocycles. The molecule has 0 aliphatic rings. The minimum Gasteiger partial charge on any atom is -0.467 e. The zero-order valence-corrected chi connectivity index (χ0v) is 15.2. The van der Waals surface area contributed by atoms with Gasteiger partial charge in [0.1, 0.15) is 28.4 Å². The largest absolute Gasteiger partial charge is 0.467 e. The van der Waals surface area contributed by atoms with Crippen molar-refractivity contribution in [3.63, 3.8) is 0 Å². The van der Waals surface area contributed by atoms with Gasteiger partial charge in [-0.25, -0.2) is 9.37 Å². The van der Waals surface area contributed by atoms with Crippen LogP contribution < -0.4 is 11.1 Å². The van der Waals surface area contributed by atoms with E-state index in [-0.39, 0.29) is 6.42 Å². The van der Waals surface area contributed by atoms with Gasteiger partial charge in [-0.3, -0.25) is 0 Å². The van der Waals surface area contributed by atoms with Crippen molar-refractivity contribution in [1.82, 2.24) is 4.98 Å². The highest BCUT2D eigenvalue weighted by atomic mass is 79.9. The molecule has 8 heteroatoms. The minimum atomic E-state index is -1.14. The Hall–Kier alpha value is -1.57. The summed E-state index contributed by atoms with van der Waals surface area (Å²) in [5, 5.41) is 3.53. The van der Waals surface area contributed by atoms with Crippen LogP contribution in [0.2, 0.25) is 5.15 Å². The van der Waals surface area contributed by atoms with Crippen LogP contribution >= 0.6 is 27.5 Å². The molecule has 5 nitrogen and oxygen atoms in total. The summed E-state index contributed by atoms with van der Waals surface area (Å²) in [6.45, 7) is 1.89. The number of halogens is 3. The lowest BCUT2D eigenvalue weighted by Gasteiger charge is -2.10. The van der Waals surface area contributed by atoms with Crippen molar-refractivity contribution >= 4 is 44.3 Å². The van der Waals surface area contributed by atoms with E-state index in [1.807, 2.05) is 12.1 Å². The fourth-order valence-corrected chi connectivity index (χ4v) is 2.99. The Morgan fingerprint density at radius 1 is 1.50 bits per heavy atom. The zero-order valence-electron chi connectivity index (χ0n) is 12.9. The molecule has 0 bridgehead atoms. The normalized spacial score (nSPS) is 14.0. The Kier molecular flexibility index (Phi) is 5.12. The van der Waals surface area contributed by atoms with E-state index < -0.39 is 12.2 Å². The van der Waals surface area contributed by atoms with Gasteiger partial charge in [-0.15, -0.1) is 0 Å². The van der Waals surface area contributed by atoms with Crippen molar-refractivity contribution in [2.75, 3.05) is 5.32 Å². The molecule has 0 saturated heterocycles. The molecule has 24 heavy (non-hydrogen) atoms. The van der Waals surface area contributed by atoms with Crippen LogP contribution in [0.4, 0.5) is 10.1 Å². The van der Waals surface area contributed by atoms with Crippen LogP contribution in [0.3, 0.4) is 0 Å². The molecule has 0 radical (unpaired) electrons. The summed E-state index contributed by atoms with van der Waals surface area (Å²) in [6.07, 6.45) is 0.718. The Morgan fingerprint density at radius 2 is 2.29 bits per heavy atom. The van der Waals surface area contributed by atoms with Crippen LogP contribution in [0.5, 0.6) is 0 Å². The molecule has 128 valence electrons. The predicted molar refractivity (Wildman–Crippen MR) is 95.0 cm³/mol. The molecule has 0 unspecified atom stereocenters. The van der Waals surface area contributed by atoms with E-state index in [9.17, 15) is 4.39 Å². The topological polar surface area (TPSA) is 77.2 Å². The standard InChI is InChI=1S/C16H16BrClFN3O2/c1-8(19)10(20)5-12-14(17)15-16(24-12)11(6-13(18)22-15)21-7-9-3-2-4-23-9/h2-4,6,8,10H,5,7,20H2,1H3,(H,21,22)/t8-,10-/m1/s1. The molecular formula is C16H16BrClFN3O2. The van der Waals surface area contributed by atoms with Crippen molar-refractivity contribution in [3.05, 3.63) is 45.6 Å². The molecule has 3 aromatic rings. The highest BCUT2D eigenvalue weighted by molar-refractivity contribution is 9.10. The van der Waals surface area contributed by atoms with Crippen molar-refractivity contribution in [1.29, 1.82) is 0 Å². The zero-order chi connectivity index (χ0) is 17.3. The maximum atomic E-state index is 13.3. The highest BCUT2D eigenvalue weighted by Crippen LogP contribution is 2.36. The Balaban J connectivity index is 1.94. The number of alkyl halides is 1. The molecule has 3 rings (SSSR count). The summed E-state index contributed by atoms with van der Waals surface area (Å²) in [7, 11) is 0. The molecule has 0 saturated carbocycles. The number of aromatic nitrogens is 1. The van der Waals surface area contributed by atoms with E-state index in [4.69, 9.17) is 26.2 Å². The maximum absolute atomic E-state index is 13.3. The summed E-state index contributed by atoms with van der Waals surface area (Å²) in [5.74, 6) is 1.31. The van der Waals surface area contributed by atoms with Crippen molar-refractivity contribution in [3.8, 4) is 0 Å². The van der Waals surface area contributed by atoms with Crippen LogP contribution in [-0.2, 0) is 13.0 Å². The number of nitrogens with zero attached hydrogens (tertiary/aromatic N) is 1. The van der Waals surface area contributed by atoms with Crippen LogP contribution in [-0.4, -0.2) is 17.2 Å². The van der Waals surface area contributed by atoms with Gasteiger partial charge >= 0.3 is 0 Å². The van der Waals surface area contributed by atoms with Crippen molar-refractivity contribution in [2.45, 2.75) is 32.1 Å². The van der Waals surface area contributed by atoms with E-state index >= 15 is 0 Å². The molecule has 3 heterocycles. The number of pyridine rings is 1. The van der Waals surface area contributed by atoms with Gasteiger partial charge in [0.25, 0.3) is 0 Å². The molecule has 0 amide bonds. The summed E-state index contributed by atoms with van der Waals surface area (Å²) < 4.78 is 25.1. The van der Waals surface area contributed by atoms with E-state index in [0.29, 0.717) is 38.7 Å². The van der Waals surface area contributed by atoms with Gasteiger partial charge in [-0.2, -0.15) is 0 Å². The summed E-state index contributed by atoms with van der Waals surface area (Å²) in [5.41, 5.74) is 7.58. The number of hydrogen-bond acceptors (Lipinski definition) is 5. The smallest absolute Gasteiger partial charge is 0.177 e. The number of fused-ring (bicyclic) bond motifs is 1.